The van der Waals surface area contributed by atoms with E-state index in [1.54, 1.807) is 0 Å². The highest BCUT2D eigenvalue weighted by Gasteiger charge is 1.99. The van der Waals surface area contributed by atoms with Crippen LogP contribution in [0.4, 0.5) is 0 Å². The molecule has 0 saturated heterocycles. The van der Waals surface area contributed by atoms with Crippen molar-refractivity contribution in [3.63, 3.8) is 0 Å². The molecule has 0 saturated carbocycles. The van der Waals surface area contributed by atoms with Gasteiger partial charge in [-0.05, 0) is 19.8 Å². The predicted molar refractivity (Wildman–Crippen MR) is 46.6 cm³/mol. The van der Waals surface area contributed by atoms with Gasteiger partial charge in [-0.1, -0.05) is 19.8 Å². The monoisotopic (exact) mass is 160 g/mol. The quantitative estimate of drug-likeness (QED) is 0.577. The van der Waals surface area contributed by atoms with Gasteiger partial charge < -0.3 is 9.84 Å². The molecule has 1 N–H and O–H groups in total. The molecule has 1 atom stereocenters. The van der Waals surface area contributed by atoms with E-state index >= 15 is 0 Å². The minimum atomic E-state index is 0.237. The minimum absolute atomic E-state index is 0.237. The van der Waals surface area contributed by atoms with Crippen LogP contribution in [0.3, 0.4) is 0 Å². The highest BCUT2D eigenvalue weighted by Crippen LogP contribution is 2.03. The molecule has 0 aromatic carbocycles. The number of unbranched alkanes of at least 4 members (excludes halogenated alkanes) is 1. The molecule has 0 aliphatic carbocycles. The van der Waals surface area contributed by atoms with Crippen LogP contribution in [0.25, 0.3) is 0 Å². The molecule has 0 aromatic rings. The van der Waals surface area contributed by atoms with Gasteiger partial charge in [-0.2, -0.15) is 0 Å². The van der Waals surface area contributed by atoms with E-state index in [1.807, 2.05) is 0 Å². The highest BCUT2D eigenvalue weighted by molar-refractivity contribution is 4.49. The Bertz CT molecular complexity index is 74.0. The number of hydrogen-bond acceptors (Lipinski definition) is 2. The molecule has 2 nitrogen and oxygen atoms in total. The average Bonchev–Trinajstić information content (AvgIpc) is 2.01. The number of aliphatic hydroxyl groups is 1. The summed E-state index contributed by atoms with van der Waals surface area (Å²) in [6, 6.07) is 0. The van der Waals surface area contributed by atoms with Crippen LogP contribution in [-0.4, -0.2) is 24.4 Å². The zero-order valence-electron chi connectivity index (χ0n) is 7.68. The van der Waals surface area contributed by atoms with Gasteiger partial charge >= 0.3 is 0 Å². The third-order valence-electron chi connectivity index (χ3n) is 1.67. The summed E-state index contributed by atoms with van der Waals surface area (Å²) in [7, 11) is 0. The fourth-order valence-electron chi connectivity index (χ4n) is 0.924. The maximum absolute atomic E-state index is 8.48. The molecule has 0 radical (unpaired) electrons. The van der Waals surface area contributed by atoms with Gasteiger partial charge in [0.25, 0.3) is 0 Å². The van der Waals surface area contributed by atoms with E-state index in [1.165, 1.54) is 12.8 Å². The first-order valence-electron chi connectivity index (χ1n) is 4.53. The van der Waals surface area contributed by atoms with Crippen LogP contribution in [-0.2, 0) is 4.74 Å². The molecule has 0 rings (SSSR count). The number of aliphatic hydroxyl groups excluding tert-OH is 1. The molecule has 0 unspecified atom stereocenters. The first kappa shape index (κ1) is 10.9. The third-order valence-corrected chi connectivity index (χ3v) is 1.67. The van der Waals surface area contributed by atoms with Crippen molar-refractivity contribution >= 4 is 0 Å². The van der Waals surface area contributed by atoms with Gasteiger partial charge in [0.05, 0.1) is 6.10 Å². The number of ether oxygens (including phenoxy) is 1. The smallest absolute Gasteiger partial charge is 0.0547 e. The highest BCUT2D eigenvalue weighted by atomic mass is 16.5. The van der Waals surface area contributed by atoms with Gasteiger partial charge in [0.1, 0.15) is 0 Å². The molecule has 0 amide bonds. The lowest BCUT2D eigenvalue weighted by atomic mass is 10.2. The van der Waals surface area contributed by atoms with Crippen molar-refractivity contribution in [1.29, 1.82) is 0 Å². The Balaban J connectivity index is 3.02. The lowest BCUT2D eigenvalue weighted by molar-refractivity contribution is 0.0493. The summed E-state index contributed by atoms with van der Waals surface area (Å²) in [6.45, 7) is 5.20. The Morgan fingerprint density at radius 1 is 1.36 bits per heavy atom. The average molecular weight is 160 g/mol. The van der Waals surface area contributed by atoms with Crippen LogP contribution in [0.5, 0.6) is 0 Å². The topological polar surface area (TPSA) is 29.5 Å². The Labute approximate surface area is 69.6 Å². The summed E-state index contributed by atoms with van der Waals surface area (Å²) in [5.74, 6) is 0. The summed E-state index contributed by atoms with van der Waals surface area (Å²) >= 11 is 0. The Morgan fingerprint density at radius 2 is 2.09 bits per heavy atom. The van der Waals surface area contributed by atoms with Gasteiger partial charge in [0, 0.05) is 13.2 Å². The normalized spacial score (nSPS) is 13.4. The zero-order chi connectivity index (χ0) is 8.53. The lowest BCUT2D eigenvalue weighted by Crippen LogP contribution is -2.09. The predicted octanol–water partition coefficient (Wildman–Crippen LogP) is 1.96. The second-order valence-electron chi connectivity index (χ2n) is 2.90. The van der Waals surface area contributed by atoms with Crippen LogP contribution in [0, 0.1) is 0 Å². The maximum atomic E-state index is 8.48. The molecule has 2 heteroatoms. The molecule has 0 aliphatic heterocycles. The molecule has 68 valence electrons. The fraction of sp³-hybridized carbons (Fsp3) is 1.00. The molecular weight excluding hydrogens is 140 g/mol. The van der Waals surface area contributed by atoms with E-state index in [-0.39, 0.29) is 6.61 Å². The molecule has 0 aliphatic rings. The standard InChI is InChI=1S/C9H20O2/c1-3-4-6-9(2)11-8-5-7-10/h9-10H,3-8H2,1-2H3/t9-/m0/s1. The number of hydrogen-bond donors (Lipinski definition) is 1. The molecule has 0 bridgehead atoms. The first-order valence-corrected chi connectivity index (χ1v) is 4.53. The van der Waals surface area contributed by atoms with E-state index in [0.29, 0.717) is 12.7 Å². The molecule has 11 heavy (non-hydrogen) atoms. The van der Waals surface area contributed by atoms with Crippen LogP contribution in [0.1, 0.15) is 39.5 Å². The molecule has 0 aromatic heterocycles. The molecule has 0 spiro atoms. The van der Waals surface area contributed by atoms with Crippen LogP contribution in [0.15, 0.2) is 0 Å². The summed E-state index contributed by atoms with van der Waals surface area (Å²) in [6.07, 6.45) is 4.73. The Hall–Kier alpha value is -0.0800. The van der Waals surface area contributed by atoms with Gasteiger partial charge in [0.2, 0.25) is 0 Å². The summed E-state index contributed by atoms with van der Waals surface area (Å²) < 4.78 is 5.42. The minimum Gasteiger partial charge on any atom is -0.396 e. The van der Waals surface area contributed by atoms with Gasteiger partial charge in [-0.25, -0.2) is 0 Å². The second kappa shape index (κ2) is 8.02. The number of rotatable bonds is 7. The third kappa shape index (κ3) is 7.82. The van der Waals surface area contributed by atoms with E-state index in [4.69, 9.17) is 9.84 Å². The van der Waals surface area contributed by atoms with Crippen molar-refractivity contribution in [2.45, 2.75) is 45.6 Å². The first-order chi connectivity index (χ1) is 5.31. The SMILES string of the molecule is CCCC[C@H](C)OCCCO. The van der Waals surface area contributed by atoms with Gasteiger partial charge in [0.15, 0.2) is 0 Å². The van der Waals surface area contributed by atoms with Crippen LogP contribution in [0.2, 0.25) is 0 Å². The summed E-state index contributed by atoms with van der Waals surface area (Å²) in [4.78, 5) is 0. The van der Waals surface area contributed by atoms with Crippen molar-refractivity contribution in [1.82, 2.24) is 0 Å². The van der Waals surface area contributed by atoms with Crippen molar-refractivity contribution in [2.24, 2.45) is 0 Å². The Kier molecular flexibility index (Phi) is 7.96. The Morgan fingerprint density at radius 3 is 2.64 bits per heavy atom. The molecule has 0 heterocycles. The molecule has 0 fully saturated rings. The van der Waals surface area contributed by atoms with E-state index in [9.17, 15) is 0 Å². The van der Waals surface area contributed by atoms with Crippen molar-refractivity contribution in [3.05, 3.63) is 0 Å². The van der Waals surface area contributed by atoms with Crippen LogP contribution < -0.4 is 0 Å². The van der Waals surface area contributed by atoms with Crippen molar-refractivity contribution in [3.8, 4) is 0 Å². The fourth-order valence-corrected chi connectivity index (χ4v) is 0.924. The van der Waals surface area contributed by atoms with Gasteiger partial charge in [-0.3, -0.25) is 0 Å². The van der Waals surface area contributed by atoms with E-state index in [2.05, 4.69) is 13.8 Å². The van der Waals surface area contributed by atoms with Crippen molar-refractivity contribution < 1.29 is 9.84 Å². The lowest BCUT2D eigenvalue weighted by Gasteiger charge is -2.11. The van der Waals surface area contributed by atoms with Crippen molar-refractivity contribution in [2.75, 3.05) is 13.2 Å². The van der Waals surface area contributed by atoms with Gasteiger partial charge in [-0.15, -0.1) is 0 Å². The second-order valence-corrected chi connectivity index (χ2v) is 2.90. The summed E-state index contributed by atoms with van der Waals surface area (Å²) in [5.41, 5.74) is 0. The van der Waals surface area contributed by atoms with Crippen LogP contribution >= 0.6 is 0 Å². The summed E-state index contributed by atoms with van der Waals surface area (Å²) in [5, 5.41) is 8.48. The zero-order valence-corrected chi connectivity index (χ0v) is 7.68. The molecular formula is C9H20O2. The van der Waals surface area contributed by atoms with E-state index in [0.717, 1.165) is 12.8 Å². The van der Waals surface area contributed by atoms with E-state index < -0.39 is 0 Å². The maximum Gasteiger partial charge on any atom is 0.0547 e. The largest absolute Gasteiger partial charge is 0.396 e.